The fraction of sp³-hybridized carbons (Fsp3) is 0.600. The normalized spacial score (nSPS) is 18.4. The molecule has 1 aromatic rings. The summed E-state index contributed by atoms with van der Waals surface area (Å²) in [5.41, 5.74) is 3.00. The molecular weight excluding hydrogens is 320 g/mol. The number of benzene rings is 1. The van der Waals surface area contributed by atoms with E-state index < -0.39 is 0 Å². The number of hydrogen-bond acceptors (Lipinski definition) is 3. The molecule has 0 radical (unpaired) electrons. The number of rotatable bonds is 6. The summed E-state index contributed by atoms with van der Waals surface area (Å²) in [6.07, 6.45) is 8.23. The quantitative estimate of drug-likeness (QED) is 0.458. The summed E-state index contributed by atoms with van der Waals surface area (Å²) < 4.78 is 1.13. The molecule has 3 N–H and O–H groups in total. The number of hydrogen-bond donors (Lipinski definition) is 2. The fourth-order valence-electron chi connectivity index (χ4n) is 2.74. The van der Waals surface area contributed by atoms with Crippen LogP contribution in [0.4, 0.5) is 0 Å². The molecule has 0 amide bonds. The van der Waals surface area contributed by atoms with Crippen LogP contribution in [0.2, 0.25) is 0 Å². The molecule has 0 saturated heterocycles. The lowest BCUT2D eigenvalue weighted by Gasteiger charge is -2.26. The summed E-state index contributed by atoms with van der Waals surface area (Å²) in [5.74, 6) is 7.63. The monoisotopic (exact) mass is 342 g/mol. The largest absolute Gasteiger partial charge is 0.271 e. The predicted octanol–water partition coefficient (Wildman–Crippen LogP) is 4.34. The molecule has 19 heavy (non-hydrogen) atoms. The number of nitrogens with one attached hydrogen (secondary N) is 1. The van der Waals surface area contributed by atoms with E-state index in [9.17, 15) is 0 Å². The molecule has 1 aliphatic rings. The van der Waals surface area contributed by atoms with Gasteiger partial charge in [0.1, 0.15) is 0 Å². The highest BCUT2D eigenvalue weighted by molar-refractivity contribution is 9.10. The van der Waals surface area contributed by atoms with E-state index in [1.54, 1.807) is 0 Å². The molecule has 0 bridgehead atoms. The second kappa shape index (κ2) is 8.30. The van der Waals surface area contributed by atoms with E-state index in [-0.39, 0.29) is 0 Å². The van der Waals surface area contributed by atoms with Gasteiger partial charge in [-0.15, -0.1) is 11.8 Å². The van der Waals surface area contributed by atoms with Gasteiger partial charge < -0.3 is 0 Å². The summed E-state index contributed by atoms with van der Waals surface area (Å²) in [6, 6.07) is 8.92. The van der Waals surface area contributed by atoms with Gasteiger partial charge in [0.25, 0.3) is 0 Å². The van der Waals surface area contributed by atoms with Crippen molar-refractivity contribution in [3.63, 3.8) is 0 Å². The highest BCUT2D eigenvalue weighted by atomic mass is 79.9. The van der Waals surface area contributed by atoms with Crippen LogP contribution in [0, 0.1) is 5.92 Å². The minimum Gasteiger partial charge on any atom is -0.271 e. The molecule has 1 aliphatic carbocycles. The Morgan fingerprint density at radius 3 is 2.53 bits per heavy atom. The second-order valence-corrected chi connectivity index (χ2v) is 7.38. The summed E-state index contributed by atoms with van der Waals surface area (Å²) in [4.78, 5) is 1.31. The zero-order valence-electron chi connectivity index (χ0n) is 11.3. The van der Waals surface area contributed by atoms with Crippen molar-refractivity contribution in [3.8, 4) is 0 Å². The van der Waals surface area contributed by atoms with Gasteiger partial charge in [0.15, 0.2) is 0 Å². The molecule has 2 nitrogen and oxygen atoms in total. The van der Waals surface area contributed by atoms with E-state index in [0.29, 0.717) is 6.04 Å². The maximum atomic E-state index is 5.71. The number of nitrogens with two attached hydrogens (primary N) is 1. The third-order valence-electron chi connectivity index (χ3n) is 3.84. The first kappa shape index (κ1) is 15.4. The Bertz CT molecular complexity index is 363. The molecule has 0 spiro atoms. The van der Waals surface area contributed by atoms with Crippen LogP contribution < -0.4 is 11.3 Å². The number of thioether (sulfide) groups is 1. The minimum absolute atomic E-state index is 0.428. The Morgan fingerprint density at radius 2 is 1.89 bits per heavy atom. The lowest BCUT2D eigenvalue weighted by Crippen LogP contribution is -2.38. The maximum absolute atomic E-state index is 5.71. The Balaban J connectivity index is 1.76. The van der Waals surface area contributed by atoms with Crippen LogP contribution in [0.25, 0.3) is 0 Å². The molecule has 1 saturated carbocycles. The molecule has 0 aromatic heterocycles. The first-order valence-electron chi connectivity index (χ1n) is 7.12. The summed E-state index contributed by atoms with van der Waals surface area (Å²) >= 11 is 5.35. The number of hydrazine groups is 1. The summed E-state index contributed by atoms with van der Waals surface area (Å²) in [5, 5.41) is 0. The fourth-order valence-corrected chi connectivity index (χ4v) is 3.96. The van der Waals surface area contributed by atoms with Crippen LogP contribution in [0.15, 0.2) is 33.6 Å². The molecule has 1 fully saturated rings. The van der Waals surface area contributed by atoms with Crippen LogP contribution in [0.1, 0.15) is 38.5 Å². The SMILES string of the molecule is NNC(CSc1ccc(Br)cc1)CC1CCCCC1. The highest BCUT2D eigenvalue weighted by Gasteiger charge is 2.18. The molecule has 1 unspecified atom stereocenters. The van der Waals surface area contributed by atoms with Gasteiger partial charge >= 0.3 is 0 Å². The molecule has 106 valence electrons. The van der Waals surface area contributed by atoms with Crippen molar-refractivity contribution >= 4 is 27.7 Å². The smallest absolute Gasteiger partial charge is 0.0307 e. The molecule has 2 rings (SSSR count). The van der Waals surface area contributed by atoms with Gasteiger partial charge in [0.2, 0.25) is 0 Å². The zero-order valence-corrected chi connectivity index (χ0v) is 13.7. The van der Waals surface area contributed by atoms with Crippen molar-refractivity contribution in [3.05, 3.63) is 28.7 Å². The van der Waals surface area contributed by atoms with Crippen molar-refractivity contribution < 1.29 is 0 Å². The van der Waals surface area contributed by atoms with Gasteiger partial charge in [0.05, 0.1) is 0 Å². The standard InChI is InChI=1S/C15H23BrN2S/c16-13-6-8-15(9-7-13)19-11-14(18-17)10-12-4-2-1-3-5-12/h6-9,12,14,18H,1-5,10-11,17H2. The van der Waals surface area contributed by atoms with Crippen LogP contribution in [-0.4, -0.2) is 11.8 Å². The molecule has 1 atom stereocenters. The van der Waals surface area contributed by atoms with Crippen molar-refractivity contribution in [2.24, 2.45) is 11.8 Å². The first-order chi connectivity index (χ1) is 9.28. The van der Waals surface area contributed by atoms with Crippen molar-refractivity contribution in [1.82, 2.24) is 5.43 Å². The van der Waals surface area contributed by atoms with E-state index in [0.717, 1.165) is 16.1 Å². The Labute approximate surface area is 129 Å². The van der Waals surface area contributed by atoms with E-state index in [4.69, 9.17) is 5.84 Å². The highest BCUT2D eigenvalue weighted by Crippen LogP contribution is 2.29. The van der Waals surface area contributed by atoms with E-state index >= 15 is 0 Å². The average Bonchev–Trinajstić information content (AvgIpc) is 2.46. The average molecular weight is 343 g/mol. The van der Waals surface area contributed by atoms with Crippen LogP contribution in [0.5, 0.6) is 0 Å². The third kappa shape index (κ3) is 5.46. The first-order valence-corrected chi connectivity index (χ1v) is 8.90. The van der Waals surface area contributed by atoms with Gasteiger partial charge in [-0.05, 0) is 36.6 Å². The Hall–Kier alpha value is -0.0300. The van der Waals surface area contributed by atoms with Gasteiger partial charge in [-0.2, -0.15) is 0 Å². The zero-order chi connectivity index (χ0) is 13.5. The van der Waals surface area contributed by atoms with Crippen molar-refractivity contribution in [1.29, 1.82) is 0 Å². The molecule has 1 aromatic carbocycles. The van der Waals surface area contributed by atoms with Gasteiger partial charge in [-0.3, -0.25) is 11.3 Å². The predicted molar refractivity (Wildman–Crippen MR) is 87.2 cm³/mol. The lowest BCUT2D eigenvalue weighted by molar-refractivity contribution is 0.308. The van der Waals surface area contributed by atoms with Crippen molar-refractivity contribution in [2.75, 3.05) is 5.75 Å². The summed E-state index contributed by atoms with van der Waals surface area (Å²) in [6.45, 7) is 0. The number of halogens is 1. The Morgan fingerprint density at radius 1 is 1.21 bits per heavy atom. The van der Waals surface area contributed by atoms with Crippen molar-refractivity contribution in [2.45, 2.75) is 49.5 Å². The molecular formula is C15H23BrN2S. The molecule has 4 heteroatoms. The third-order valence-corrected chi connectivity index (χ3v) is 5.55. The van der Waals surface area contributed by atoms with Crippen LogP contribution >= 0.6 is 27.7 Å². The van der Waals surface area contributed by atoms with Crippen LogP contribution in [0.3, 0.4) is 0 Å². The molecule has 0 aliphatic heterocycles. The van der Waals surface area contributed by atoms with E-state index in [2.05, 4.69) is 45.6 Å². The van der Waals surface area contributed by atoms with E-state index in [1.165, 1.54) is 43.4 Å². The van der Waals surface area contributed by atoms with Crippen LogP contribution in [-0.2, 0) is 0 Å². The lowest BCUT2D eigenvalue weighted by atomic mass is 9.85. The second-order valence-electron chi connectivity index (χ2n) is 5.37. The Kier molecular flexibility index (Phi) is 6.71. The van der Waals surface area contributed by atoms with E-state index in [1.807, 2.05) is 11.8 Å². The minimum atomic E-state index is 0.428. The summed E-state index contributed by atoms with van der Waals surface area (Å²) in [7, 11) is 0. The topological polar surface area (TPSA) is 38.0 Å². The molecule has 0 heterocycles. The maximum Gasteiger partial charge on any atom is 0.0307 e. The van der Waals surface area contributed by atoms with Gasteiger partial charge in [-0.1, -0.05) is 48.0 Å². The van der Waals surface area contributed by atoms with Gasteiger partial charge in [0, 0.05) is 21.2 Å². The van der Waals surface area contributed by atoms with Gasteiger partial charge in [-0.25, -0.2) is 0 Å².